The Morgan fingerprint density at radius 3 is 2.89 bits per heavy atom. The molecule has 1 atom stereocenters. The van der Waals surface area contributed by atoms with Gasteiger partial charge in [-0.2, -0.15) is 0 Å². The summed E-state index contributed by atoms with van der Waals surface area (Å²) in [6.07, 6.45) is 3.59. The number of anilines is 1. The number of likely N-dealkylation sites (N-methyl/N-ethyl adjacent to an activating group) is 1. The van der Waals surface area contributed by atoms with E-state index in [0.717, 1.165) is 37.2 Å². The second-order valence-corrected chi connectivity index (χ2v) is 5.19. The van der Waals surface area contributed by atoms with Gasteiger partial charge in [0, 0.05) is 20.2 Å². The topological polar surface area (TPSA) is 49.8 Å². The van der Waals surface area contributed by atoms with E-state index in [1.807, 2.05) is 31.0 Å². The number of carboxylic acid groups (broad SMARTS) is 1. The van der Waals surface area contributed by atoms with Crippen molar-refractivity contribution >= 4 is 11.7 Å². The van der Waals surface area contributed by atoms with Gasteiger partial charge in [-0.15, -0.1) is 0 Å². The molecule has 0 aromatic heterocycles. The molecule has 1 N–H and O–H groups in total. The Morgan fingerprint density at radius 1 is 1.47 bits per heavy atom. The number of aryl methyl sites for hydroxylation is 1. The number of carbonyl (C=O) groups is 1. The minimum atomic E-state index is -0.883. The minimum absolute atomic E-state index is 0.209. The van der Waals surface area contributed by atoms with Crippen molar-refractivity contribution in [3.63, 3.8) is 0 Å². The van der Waals surface area contributed by atoms with Gasteiger partial charge in [0.2, 0.25) is 0 Å². The van der Waals surface area contributed by atoms with Gasteiger partial charge in [-0.25, -0.2) is 4.79 Å². The first kappa shape index (κ1) is 13.9. The molecule has 1 saturated heterocycles. The number of benzene rings is 1. The number of nitrogens with zero attached hydrogens (tertiary/aromatic N) is 1. The van der Waals surface area contributed by atoms with E-state index in [1.165, 1.54) is 6.42 Å². The highest BCUT2D eigenvalue weighted by molar-refractivity contribution is 5.94. The predicted molar refractivity (Wildman–Crippen MR) is 75.0 cm³/mol. The summed E-state index contributed by atoms with van der Waals surface area (Å²) in [6.45, 7) is 3.53. The maximum Gasteiger partial charge on any atom is 0.337 e. The second-order valence-electron chi connectivity index (χ2n) is 5.19. The second kappa shape index (κ2) is 6.06. The molecule has 19 heavy (non-hydrogen) atoms. The fourth-order valence-corrected chi connectivity index (χ4v) is 2.49. The van der Waals surface area contributed by atoms with Crippen LogP contribution in [-0.4, -0.2) is 37.4 Å². The molecule has 1 unspecified atom stereocenters. The molecule has 1 aliphatic rings. The molecule has 1 aromatic carbocycles. The number of ether oxygens (including phenoxy) is 1. The molecule has 1 aromatic rings. The quantitative estimate of drug-likeness (QED) is 0.907. The van der Waals surface area contributed by atoms with Crippen molar-refractivity contribution in [2.45, 2.75) is 32.3 Å². The third-order valence-corrected chi connectivity index (χ3v) is 3.55. The van der Waals surface area contributed by atoms with Crippen molar-refractivity contribution in [3.8, 4) is 0 Å². The van der Waals surface area contributed by atoms with E-state index >= 15 is 0 Å². The number of carboxylic acids is 1. The van der Waals surface area contributed by atoms with Crippen LogP contribution in [0.25, 0.3) is 0 Å². The molecule has 0 aliphatic carbocycles. The van der Waals surface area contributed by atoms with Gasteiger partial charge >= 0.3 is 5.97 Å². The van der Waals surface area contributed by atoms with Crippen LogP contribution < -0.4 is 4.90 Å². The van der Waals surface area contributed by atoms with Gasteiger partial charge in [0.25, 0.3) is 0 Å². The van der Waals surface area contributed by atoms with Crippen molar-refractivity contribution in [1.82, 2.24) is 0 Å². The first-order valence-electron chi connectivity index (χ1n) is 6.74. The molecule has 1 fully saturated rings. The highest BCUT2D eigenvalue weighted by Gasteiger charge is 2.19. The zero-order valence-corrected chi connectivity index (χ0v) is 11.6. The Bertz CT molecular complexity index is 453. The SMILES string of the molecule is Cc1ccc(C(=O)O)c(N(C)CC2CCCCO2)c1. The van der Waals surface area contributed by atoms with Gasteiger partial charge in [0.1, 0.15) is 0 Å². The minimum Gasteiger partial charge on any atom is -0.478 e. The molecule has 4 heteroatoms. The number of hydrogen-bond acceptors (Lipinski definition) is 3. The summed E-state index contributed by atoms with van der Waals surface area (Å²) in [5, 5.41) is 9.25. The molecule has 2 rings (SSSR count). The highest BCUT2D eigenvalue weighted by Crippen LogP contribution is 2.23. The molecule has 1 aliphatic heterocycles. The van der Waals surface area contributed by atoms with Crippen LogP contribution in [0.3, 0.4) is 0 Å². The fourth-order valence-electron chi connectivity index (χ4n) is 2.49. The van der Waals surface area contributed by atoms with Crippen LogP contribution >= 0.6 is 0 Å². The van der Waals surface area contributed by atoms with E-state index in [-0.39, 0.29) is 6.10 Å². The average molecular weight is 263 g/mol. The lowest BCUT2D eigenvalue weighted by Crippen LogP contribution is -2.34. The summed E-state index contributed by atoms with van der Waals surface area (Å²) in [5.74, 6) is -0.883. The van der Waals surface area contributed by atoms with Crippen molar-refractivity contribution in [1.29, 1.82) is 0 Å². The summed E-state index contributed by atoms with van der Waals surface area (Å²) in [5.41, 5.74) is 2.18. The van der Waals surface area contributed by atoms with Crippen molar-refractivity contribution < 1.29 is 14.6 Å². The maximum absolute atomic E-state index is 11.3. The molecule has 4 nitrogen and oxygen atoms in total. The number of rotatable bonds is 4. The van der Waals surface area contributed by atoms with Gasteiger partial charge in [0.05, 0.1) is 17.4 Å². The van der Waals surface area contributed by atoms with Gasteiger partial charge in [-0.3, -0.25) is 0 Å². The molecule has 0 spiro atoms. The molecule has 0 radical (unpaired) electrons. The Morgan fingerprint density at radius 2 is 2.26 bits per heavy atom. The average Bonchev–Trinajstić information content (AvgIpc) is 2.39. The number of aromatic carboxylic acids is 1. The first-order valence-corrected chi connectivity index (χ1v) is 6.74. The van der Waals surface area contributed by atoms with E-state index in [0.29, 0.717) is 5.56 Å². The van der Waals surface area contributed by atoms with E-state index < -0.39 is 5.97 Å². The zero-order chi connectivity index (χ0) is 13.8. The molecule has 0 amide bonds. The lowest BCUT2D eigenvalue weighted by atomic mass is 10.1. The monoisotopic (exact) mass is 263 g/mol. The van der Waals surface area contributed by atoms with Crippen LogP contribution in [0.2, 0.25) is 0 Å². The smallest absolute Gasteiger partial charge is 0.337 e. The van der Waals surface area contributed by atoms with Crippen LogP contribution in [0, 0.1) is 6.92 Å². The molecule has 0 saturated carbocycles. The summed E-state index contributed by atoms with van der Waals surface area (Å²) >= 11 is 0. The van der Waals surface area contributed by atoms with E-state index in [4.69, 9.17) is 4.74 Å². The summed E-state index contributed by atoms with van der Waals surface area (Å²) in [7, 11) is 1.93. The van der Waals surface area contributed by atoms with Gasteiger partial charge in [-0.1, -0.05) is 6.07 Å². The largest absolute Gasteiger partial charge is 0.478 e. The van der Waals surface area contributed by atoms with E-state index in [1.54, 1.807) is 6.07 Å². The van der Waals surface area contributed by atoms with Gasteiger partial charge < -0.3 is 14.7 Å². The van der Waals surface area contributed by atoms with Crippen LogP contribution in [-0.2, 0) is 4.74 Å². The molecule has 0 bridgehead atoms. The molecular formula is C15H21NO3. The van der Waals surface area contributed by atoms with Crippen molar-refractivity contribution in [3.05, 3.63) is 29.3 Å². The molecule has 1 heterocycles. The fraction of sp³-hybridized carbons (Fsp3) is 0.533. The van der Waals surface area contributed by atoms with E-state index in [2.05, 4.69) is 0 Å². The predicted octanol–water partition coefficient (Wildman–Crippen LogP) is 2.70. The lowest BCUT2D eigenvalue weighted by molar-refractivity contribution is 0.0215. The van der Waals surface area contributed by atoms with Crippen LogP contribution in [0.15, 0.2) is 18.2 Å². The summed E-state index contributed by atoms with van der Waals surface area (Å²) in [4.78, 5) is 13.3. The molecular weight excluding hydrogens is 242 g/mol. The first-order chi connectivity index (χ1) is 9.08. The normalized spacial score (nSPS) is 19.2. The third kappa shape index (κ3) is 3.47. The van der Waals surface area contributed by atoms with Crippen LogP contribution in [0.1, 0.15) is 35.2 Å². The van der Waals surface area contributed by atoms with Crippen LogP contribution in [0.4, 0.5) is 5.69 Å². The van der Waals surface area contributed by atoms with Crippen molar-refractivity contribution in [2.24, 2.45) is 0 Å². The van der Waals surface area contributed by atoms with Gasteiger partial charge in [-0.05, 0) is 43.9 Å². The Hall–Kier alpha value is -1.55. The molecule has 104 valence electrons. The van der Waals surface area contributed by atoms with Gasteiger partial charge in [0.15, 0.2) is 0 Å². The van der Waals surface area contributed by atoms with Crippen LogP contribution in [0.5, 0.6) is 0 Å². The number of hydrogen-bond donors (Lipinski definition) is 1. The summed E-state index contributed by atoms with van der Waals surface area (Å²) < 4.78 is 5.71. The van der Waals surface area contributed by atoms with E-state index in [9.17, 15) is 9.90 Å². The Kier molecular flexibility index (Phi) is 4.43. The highest BCUT2D eigenvalue weighted by atomic mass is 16.5. The maximum atomic E-state index is 11.3. The Balaban J connectivity index is 2.14. The lowest BCUT2D eigenvalue weighted by Gasteiger charge is -2.29. The Labute approximate surface area is 114 Å². The standard InChI is InChI=1S/C15H21NO3/c1-11-6-7-13(15(17)18)14(9-11)16(2)10-12-5-3-4-8-19-12/h6-7,9,12H,3-5,8,10H2,1-2H3,(H,17,18). The zero-order valence-electron chi connectivity index (χ0n) is 11.6. The van der Waals surface area contributed by atoms with Crippen molar-refractivity contribution in [2.75, 3.05) is 25.1 Å². The third-order valence-electron chi connectivity index (χ3n) is 3.55. The summed E-state index contributed by atoms with van der Waals surface area (Å²) in [6, 6.07) is 5.43.